The summed E-state index contributed by atoms with van der Waals surface area (Å²) in [5.74, 6) is 1.76. The molecule has 0 aromatic carbocycles. The van der Waals surface area contributed by atoms with E-state index in [1.54, 1.807) is 6.26 Å². The third-order valence-electron chi connectivity index (χ3n) is 3.70. The number of piperidine rings is 1. The summed E-state index contributed by atoms with van der Waals surface area (Å²) >= 11 is 0. The maximum atomic E-state index is 5.47. The lowest BCUT2D eigenvalue weighted by Gasteiger charge is -2.41. The van der Waals surface area contributed by atoms with Crippen LogP contribution in [-0.4, -0.2) is 12.1 Å². The van der Waals surface area contributed by atoms with Gasteiger partial charge in [-0.3, -0.25) is 0 Å². The van der Waals surface area contributed by atoms with Crippen molar-refractivity contribution in [3.63, 3.8) is 0 Å². The average Bonchev–Trinajstić information content (AvgIpc) is 2.71. The van der Waals surface area contributed by atoms with Crippen LogP contribution in [0.4, 0.5) is 0 Å². The zero-order chi connectivity index (χ0) is 10.7. The molecule has 0 aliphatic carbocycles. The fourth-order valence-electron chi connectivity index (χ4n) is 2.56. The third kappa shape index (κ3) is 2.25. The Labute approximate surface area is 92.1 Å². The van der Waals surface area contributed by atoms with E-state index < -0.39 is 0 Å². The zero-order valence-electron chi connectivity index (χ0n) is 9.75. The molecule has 2 nitrogen and oxygen atoms in total. The second-order valence-electron chi connectivity index (χ2n) is 4.95. The van der Waals surface area contributed by atoms with E-state index >= 15 is 0 Å². The second-order valence-corrected chi connectivity index (χ2v) is 4.95. The van der Waals surface area contributed by atoms with Gasteiger partial charge < -0.3 is 9.73 Å². The van der Waals surface area contributed by atoms with E-state index in [0.717, 1.165) is 18.7 Å². The lowest BCUT2D eigenvalue weighted by molar-refractivity contribution is 0.173. The van der Waals surface area contributed by atoms with Gasteiger partial charge in [-0.2, -0.15) is 0 Å². The van der Waals surface area contributed by atoms with Gasteiger partial charge in [0.1, 0.15) is 5.76 Å². The highest BCUT2D eigenvalue weighted by molar-refractivity contribution is 5.07. The highest BCUT2D eigenvalue weighted by Crippen LogP contribution is 2.30. The molecule has 1 saturated heterocycles. The predicted octanol–water partition coefficient (Wildman–Crippen LogP) is 2.99. The normalized spacial score (nSPS) is 27.1. The third-order valence-corrected chi connectivity index (χ3v) is 3.70. The first-order chi connectivity index (χ1) is 7.23. The molecule has 0 spiro atoms. The van der Waals surface area contributed by atoms with Gasteiger partial charge in [-0.25, -0.2) is 0 Å². The smallest absolute Gasteiger partial charge is 0.105 e. The fraction of sp³-hybridized carbons (Fsp3) is 0.692. The minimum atomic E-state index is 0.260. The minimum Gasteiger partial charge on any atom is -0.469 e. The first kappa shape index (κ1) is 10.7. The van der Waals surface area contributed by atoms with E-state index in [4.69, 9.17) is 4.42 Å². The largest absolute Gasteiger partial charge is 0.469 e. The maximum absolute atomic E-state index is 5.47. The number of hydrogen-bond donors (Lipinski definition) is 1. The Kier molecular flexibility index (Phi) is 3.15. The summed E-state index contributed by atoms with van der Waals surface area (Å²) in [6, 6.07) is 4.06. The van der Waals surface area contributed by atoms with Crippen molar-refractivity contribution >= 4 is 0 Å². The lowest BCUT2D eigenvalue weighted by atomic mass is 9.76. The Morgan fingerprint density at radius 3 is 2.87 bits per heavy atom. The maximum Gasteiger partial charge on any atom is 0.105 e. The van der Waals surface area contributed by atoms with Crippen molar-refractivity contribution in [1.82, 2.24) is 5.32 Å². The molecule has 84 valence electrons. The summed E-state index contributed by atoms with van der Waals surface area (Å²) in [6.07, 6.45) is 6.72. The number of furan rings is 1. The summed E-state index contributed by atoms with van der Waals surface area (Å²) in [7, 11) is 0. The van der Waals surface area contributed by atoms with Crippen LogP contribution in [0.3, 0.4) is 0 Å². The van der Waals surface area contributed by atoms with Gasteiger partial charge in [-0.15, -0.1) is 0 Å². The molecule has 1 aromatic heterocycles. The molecule has 0 bridgehead atoms. The molecule has 1 unspecified atom stereocenters. The minimum absolute atomic E-state index is 0.260. The van der Waals surface area contributed by atoms with Gasteiger partial charge in [0.2, 0.25) is 0 Å². The molecule has 1 atom stereocenters. The van der Waals surface area contributed by atoms with Crippen LogP contribution in [0.25, 0.3) is 0 Å². The number of hydrogen-bond acceptors (Lipinski definition) is 2. The zero-order valence-corrected chi connectivity index (χ0v) is 9.75. The summed E-state index contributed by atoms with van der Waals surface area (Å²) in [5, 5.41) is 3.71. The monoisotopic (exact) mass is 207 g/mol. The first-order valence-corrected chi connectivity index (χ1v) is 6.00. The van der Waals surface area contributed by atoms with Crippen molar-refractivity contribution in [3.05, 3.63) is 24.2 Å². The van der Waals surface area contributed by atoms with E-state index in [-0.39, 0.29) is 5.54 Å². The van der Waals surface area contributed by atoms with Crippen molar-refractivity contribution in [2.75, 3.05) is 6.54 Å². The summed E-state index contributed by atoms with van der Waals surface area (Å²) in [5.41, 5.74) is 0.260. The first-order valence-electron chi connectivity index (χ1n) is 6.00. The van der Waals surface area contributed by atoms with Crippen molar-refractivity contribution in [1.29, 1.82) is 0 Å². The van der Waals surface area contributed by atoms with E-state index in [9.17, 15) is 0 Å². The highest BCUT2D eigenvalue weighted by Gasteiger charge is 2.35. The van der Waals surface area contributed by atoms with Crippen LogP contribution in [0.2, 0.25) is 0 Å². The molecule has 1 N–H and O–H groups in total. The number of nitrogens with one attached hydrogen (secondary N) is 1. The Hall–Kier alpha value is -0.760. The molecule has 15 heavy (non-hydrogen) atoms. The average molecular weight is 207 g/mol. The Bertz CT molecular complexity index is 283. The molecular formula is C13H21NO. The predicted molar refractivity (Wildman–Crippen MR) is 61.8 cm³/mol. The van der Waals surface area contributed by atoms with Crippen molar-refractivity contribution in [2.45, 2.75) is 45.1 Å². The molecular weight excluding hydrogens is 186 g/mol. The van der Waals surface area contributed by atoms with Crippen molar-refractivity contribution in [3.8, 4) is 0 Å². The molecule has 0 amide bonds. The van der Waals surface area contributed by atoms with Gasteiger partial charge in [0.15, 0.2) is 0 Å². The highest BCUT2D eigenvalue weighted by atomic mass is 16.3. The van der Waals surface area contributed by atoms with Crippen LogP contribution < -0.4 is 5.32 Å². The molecule has 2 heterocycles. The van der Waals surface area contributed by atoms with Crippen molar-refractivity contribution < 1.29 is 4.42 Å². The van der Waals surface area contributed by atoms with Crippen LogP contribution in [0, 0.1) is 5.92 Å². The van der Waals surface area contributed by atoms with Crippen LogP contribution in [0.1, 0.15) is 38.9 Å². The summed E-state index contributed by atoms with van der Waals surface area (Å²) in [6.45, 7) is 5.77. The summed E-state index contributed by atoms with van der Waals surface area (Å²) in [4.78, 5) is 0. The van der Waals surface area contributed by atoms with Gasteiger partial charge in [-0.05, 0) is 37.4 Å². The fourth-order valence-corrected chi connectivity index (χ4v) is 2.56. The number of rotatable bonds is 3. The molecule has 1 aromatic rings. The van der Waals surface area contributed by atoms with Crippen LogP contribution >= 0.6 is 0 Å². The Morgan fingerprint density at radius 1 is 1.47 bits per heavy atom. The van der Waals surface area contributed by atoms with E-state index in [2.05, 4.69) is 25.2 Å². The molecule has 0 saturated carbocycles. The standard InChI is InChI=1S/C13H21NO/c1-11(2)13(7-3-4-8-14-13)10-12-6-5-9-15-12/h5-6,9,11,14H,3-4,7-8,10H2,1-2H3. The van der Waals surface area contributed by atoms with Crippen LogP contribution in [0.5, 0.6) is 0 Å². The quantitative estimate of drug-likeness (QED) is 0.824. The molecule has 0 radical (unpaired) electrons. The molecule has 2 rings (SSSR count). The molecule has 1 fully saturated rings. The van der Waals surface area contributed by atoms with Gasteiger partial charge in [0.25, 0.3) is 0 Å². The van der Waals surface area contributed by atoms with Gasteiger partial charge in [0.05, 0.1) is 6.26 Å². The molecule has 2 heteroatoms. The molecule has 1 aliphatic heterocycles. The van der Waals surface area contributed by atoms with Crippen LogP contribution in [0.15, 0.2) is 22.8 Å². The second kappa shape index (κ2) is 4.40. The van der Waals surface area contributed by atoms with Crippen molar-refractivity contribution in [2.24, 2.45) is 5.92 Å². The van der Waals surface area contributed by atoms with Gasteiger partial charge in [-0.1, -0.05) is 20.3 Å². The summed E-state index contributed by atoms with van der Waals surface area (Å²) < 4.78 is 5.47. The Morgan fingerprint density at radius 2 is 2.33 bits per heavy atom. The van der Waals surface area contributed by atoms with E-state index in [1.807, 2.05) is 6.07 Å². The van der Waals surface area contributed by atoms with E-state index in [1.165, 1.54) is 19.3 Å². The van der Waals surface area contributed by atoms with Gasteiger partial charge in [0, 0.05) is 12.0 Å². The topological polar surface area (TPSA) is 25.2 Å². The molecule has 1 aliphatic rings. The lowest BCUT2D eigenvalue weighted by Crippen LogP contribution is -2.54. The van der Waals surface area contributed by atoms with Gasteiger partial charge >= 0.3 is 0 Å². The Balaban J connectivity index is 2.11. The SMILES string of the molecule is CC(C)C1(Cc2ccco2)CCCCN1. The van der Waals surface area contributed by atoms with E-state index in [0.29, 0.717) is 5.92 Å². The van der Waals surface area contributed by atoms with Crippen LogP contribution in [-0.2, 0) is 6.42 Å².